The highest BCUT2D eigenvalue weighted by molar-refractivity contribution is 5.68. The minimum absolute atomic E-state index is 0.201. The van der Waals surface area contributed by atoms with Gasteiger partial charge in [-0.2, -0.15) is 0 Å². The summed E-state index contributed by atoms with van der Waals surface area (Å²) in [7, 11) is 0. The van der Waals surface area contributed by atoms with Crippen LogP contribution in [0.15, 0.2) is 0 Å². The highest BCUT2D eigenvalue weighted by atomic mass is 16.6. The van der Waals surface area contributed by atoms with Gasteiger partial charge in [-0.05, 0) is 53.4 Å². The molecule has 0 spiro atoms. The van der Waals surface area contributed by atoms with Crippen molar-refractivity contribution in [2.24, 2.45) is 0 Å². The molecular weight excluding hydrogens is 280 g/mol. The van der Waals surface area contributed by atoms with Crippen molar-refractivity contribution in [1.29, 1.82) is 0 Å². The second-order valence-electron chi connectivity index (χ2n) is 7.46. The first-order valence-electron chi connectivity index (χ1n) is 8.64. The third kappa shape index (κ3) is 6.97. The molecule has 1 saturated heterocycles. The number of carbonyl (C=O) groups is 1. The third-order valence-corrected chi connectivity index (χ3v) is 3.95. The zero-order valence-corrected chi connectivity index (χ0v) is 14.9. The molecule has 5 heteroatoms. The van der Waals surface area contributed by atoms with Gasteiger partial charge in [0.05, 0.1) is 6.10 Å². The summed E-state index contributed by atoms with van der Waals surface area (Å²) >= 11 is 0. The lowest BCUT2D eigenvalue weighted by atomic mass is 10.1. The van der Waals surface area contributed by atoms with Crippen molar-refractivity contribution in [3.63, 3.8) is 0 Å². The molecule has 3 atom stereocenters. The van der Waals surface area contributed by atoms with E-state index in [-0.39, 0.29) is 24.3 Å². The van der Waals surface area contributed by atoms with E-state index in [4.69, 9.17) is 4.74 Å². The molecule has 22 heavy (non-hydrogen) atoms. The van der Waals surface area contributed by atoms with Crippen molar-refractivity contribution in [3.05, 3.63) is 0 Å². The molecule has 1 rings (SSSR count). The second-order valence-corrected chi connectivity index (χ2v) is 7.46. The number of hydrogen-bond acceptors (Lipinski definition) is 4. The number of carbonyl (C=O) groups excluding carboxylic acids is 1. The Hall–Kier alpha value is -0.810. The smallest absolute Gasteiger partial charge is 0.410 e. The molecule has 3 unspecified atom stereocenters. The maximum Gasteiger partial charge on any atom is 0.410 e. The quantitative estimate of drug-likeness (QED) is 0.758. The molecule has 0 aromatic carbocycles. The highest BCUT2D eigenvalue weighted by Gasteiger charge is 2.32. The molecule has 5 nitrogen and oxygen atoms in total. The summed E-state index contributed by atoms with van der Waals surface area (Å²) in [5, 5.41) is 13.2. The van der Waals surface area contributed by atoms with Crippen LogP contribution in [0.2, 0.25) is 0 Å². The fourth-order valence-electron chi connectivity index (χ4n) is 2.91. The number of amides is 1. The largest absolute Gasteiger partial charge is 0.444 e. The topological polar surface area (TPSA) is 61.8 Å². The summed E-state index contributed by atoms with van der Waals surface area (Å²) < 4.78 is 5.49. The van der Waals surface area contributed by atoms with Gasteiger partial charge in [-0.15, -0.1) is 0 Å². The molecule has 1 fully saturated rings. The minimum atomic E-state index is -0.446. The van der Waals surface area contributed by atoms with Crippen LogP contribution in [0.3, 0.4) is 0 Å². The van der Waals surface area contributed by atoms with Gasteiger partial charge in [0.2, 0.25) is 0 Å². The molecule has 1 aliphatic heterocycles. The minimum Gasteiger partial charge on any atom is -0.444 e. The van der Waals surface area contributed by atoms with Crippen LogP contribution in [0.25, 0.3) is 0 Å². The lowest BCUT2D eigenvalue weighted by Gasteiger charge is -2.30. The standard InChI is InChI=1S/C17H34N2O3/c1-6-8-15(20)12-18-13(2)11-14-9-7-10-19(14)16(21)22-17(3,4)5/h13-15,18,20H,6-12H2,1-5H3. The van der Waals surface area contributed by atoms with E-state index >= 15 is 0 Å². The Balaban J connectivity index is 2.41. The van der Waals surface area contributed by atoms with E-state index in [1.165, 1.54) is 0 Å². The van der Waals surface area contributed by atoms with Crippen molar-refractivity contribution in [3.8, 4) is 0 Å². The van der Waals surface area contributed by atoms with E-state index in [1.807, 2.05) is 25.7 Å². The maximum absolute atomic E-state index is 12.2. The number of nitrogens with zero attached hydrogens (tertiary/aromatic N) is 1. The summed E-state index contributed by atoms with van der Waals surface area (Å²) in [5.41, 5.74) is -0.446. The number of ether oxygens (including phenoxy) is 1. The van der Waals surface area contributed by atoms with E-state index in [0.29, 0.717) is 6.54 Å². The predicted molar refractivity (Wildman–Crippen MR) is 89.0 cm³/mol. The average Bonchev–Trinajstić information content (AvgIpc) is 2.83. The lowest BCUT2D eigenvalue weighted by Crippen LogP contribution is -2.43. The number of hydrogen-bond donors (Lipinski definition) is 2. The Kier molecular flexibility index (Phi) is 7.63. The van der Waals surface area contributed by atoms with Gasteiger partial charge in [-0.3, -0.25) is 0 Å². The van der Waals surface area contributed by atoms with Gasteiger partial charge in [-0.25, -0.2) is 4.79 Å². The van der Waals surface area contributed by atoms with E-state index in [2.05, 4.69) is 19.2 Å². The van der Waals surface area contributed by atoms with Crippen molar-refractivity contribution < 1.29 is 14.6 Å². The Morgan fingerprint density at radius 3 is 2.73 bits per heavy atom. The van der Waals surface area contributed by atoms with Crippen molar-refractivity contribution in [2.45, 2.75) is 90.5 Å². The van der Waals surface area contributed by atoms with Crippen LogP contribution < -0.4 is 5.32 Å². The first-order chi connectivity index (χ1) is 10.2. The Morgan fingerprint density at radius 2 is 2.14 bits per heavy atom. The lowest BCUT2D eigenvalue weighted by molar-refractivity contribution is 0.0213. The second kappa shape index (κ2) is 8.73. The van der Waals surface area contributed by atoms with Gasteiger partial charge in [0.1, 0.15) is 5.60 Å². The molecule has 130 valence electrons. The summed E-state index contributed by atoms with van der Waals surface area (Å²) in [6.45, 7) is 11.3. The Morgan fingerprint density at radius 1 is 1.45 bits per heavy atom. The van der Waals surface area contributed by atoms with Gasteiger partial charge in [0.25, 0.3) is 0 Å². The summed E-state index contributed by atoms with van der Waals surface area (Å²) in [4.78, 5) is 14.1. The van der Waals surface area contributed by atoms with E-state index < -0.39 is 5.60 Å². The normalized spacial score (nSPS) is 21.7. The first-order valence-corrected chi connectivity index (χ1v) is 8.64. The molecule has 1 amide bonds. The van der Waals surface area contributed by atoms with E-state index in [0.717, 1.165) is 38.6 Å². The molecule has 0 bridgehead atoms. The van der Waals surface area contributed by atoms with Gasteiger partial charge in [-0.1, -0.05) is 13.3 Å². The molecule has 0 aliphatic carbocycles. The van der Waals surface area contributed by atoms with E-state index in [1.54, 1.807) is 0 Å². The first kappa shape index (κ1) is 19.2. The summed E-state index contributed by atoms with van der Waals surface area (Å²) in [6, 6.07) is 0.514. The van der Waals surface area contributed by atoms with Crippen LogP contribution in [-0.4, -0.2) is 53.0 Å². The molecular formula is C17H34N2O3. The fraction of sp³-hybridized carbons (Fsp3) is 0.941. The van der Waals surface area contributed by atoms with Crippen molar-refractivity contribution >= 4 is 6.09 Å². The van der Waals surface area contributed by atoms with Crippen LogP contribution in [0.1, 0.15) is 66.7 Å². The Labute approximate surface area is 135 Å². The molecule has 0 radical (unpaired) electrons. The number of aliphatic hydroxyl groups excluding tert-OH is 1. The summed E-state index contributed by atoms with van der Waals surface area (Å²) in [6.07, 6.45) is 4.31. The zero-order valence-electron chi connectivity index (χ0n) is 14.9. The van der Waals surface area contributed by atoms with Crippen LogP contribution in [0.5, 0.6) is 0 Å². The molecule has 1 aliphatic rings. The van der Waals surface area contributed by atoms with Crippen LogP contribution >= 0.6 is 0 Å². The van der Waals surface area contributed by atoms with Gasteiger partial charge >= 0.3 is 6.09 Å². The van der Waals surface area contributed by atoms with Crippen LogP contribution in [-0.2, 0) is 4.74 Å². The number of rotatable bonds is 7. The molecule has 0 aromatic rings. The SMILES string of the molecule is CCCC(O)CNC(C)CC1CCCN1C(=O)OC(C)(C)C. The average molecular weight is 314 g/mol. The highest BCUT2D eigenvalue weighted by Crippen LogP contribution is 2.24. The molecule has 0 aromatic heterocycles. The molecule has 2 N–H and O–H groups in total. The monoisotopic (exact) mass is 314 g/mol. The van der Waals surface area contributed by atoms with Crippen LogP contribution in [0, 0.1) is 0 Å². The van der Waals surface area contributed by atoms with E-state index in [9.17, 15) is 9.90 Å². The zero-order chi connectivity index (χ0) is 16.8. The van der Waals surface area contributed by atoms with Crippen LogP contribution in [0.4, 0.5) is 4.79 Å². The van der Waals surface area contributed by atoms with Crippen molar-refractivity contribution in [2.75, 3.05) is 13.1 Å². The van der Waals surface area contributed by atoms with Gasteiger partial charge in [0.15, 0.2) is 0 Å². The third-order valence-electron chi connectivity index (χ3n) is 3.95. The Bertz CT molecular complexity index is 341. The number of nitrogens with one attached hydrogen (secondary N) is 1. The molecule has 0 saturated carbocycles. The summed E-state index contributed by atoms with van der Waals surface area (Å²) in [5.74, 6) is 0. The maximum atomic E-state index is 12.2. The van der Waals surface area contributed by atoms with Gasteiger partial charge in [0, 0.05) is 25.2 Å². The molecule has 1 heterocycles. The number of aliphatic hydroxyl groups is 1. The van der Waals surface area contributed by atoms with Gasteiger partial charge < -0.3 is 20.1 Å². The predicted octanol–water partition coefficient (Wildman–Crippen LogP) is 2.92. The number of likely N-dealkylation sites (tertiary alicyclic amines) is 1. The van der Waals surface area contributed by atoms with Crippen molar-refractivity contribution in [1.82, 2.24) is 10.2 Å². The fourth-order valence-corrected chi connectivity index (χ4v) is 2.91.